The fraction of sp³-hybridized carbons (Fsp3) is 0.350. The van der Waals surface area contributed by atoms with Crippen LogP contribution in [0.1, 0.15) is 54.5 Å². The number of nitrogens with zero attached hydrogens (tertiary/aromatic N) is 2. The third kappa shape index (κ3) is 3.29. The van der Waals surface area contributed by atoms with Crippen molar-refractivity contribution in [2.75, 3.05) is 24.2 Å². The number of nitrogens with one attached hydrogen (secondary N) is 2. The maximum atomic E-state index is 12.5. The number of hydrogen-bond acceptors (Lipinski definition) is 6. The van der Waals surface area contributed by atoms with Gasteiger partial charge in [0.05, 0.1) is 0 Å². The number of likely N-dealkylation sites (N-methyl/N-ethyl adjacent to an activating group) is 1. The average molecular weight is 398 g/mol. The summed E-state index contributed by atoms with van der Waals surface area (Å²) in [4.78, 5) is 30.1. The quantitative estimate of drug-likeness (QED) is 0.690. The molecule has 3 aromatic rings. The maximum Gasteiger partial charge on any atom is 0.275 e. The summed E-state index contributed by atoms with van der Waals surface area (Å²) >= 11 is 1.22. The molecule has 7 nitrogen and oxygen atoms in total. The SMILES string of the molecule is CC(=O)Nc1nc(C(=O)Nc2ccc3oc4c(c3c2)C(C)N(C)CC4C)cs1. The number of amides is 2. The summed E-state index contributed by atoms with van der Waals surface area (Å²) in [5.41, 5.74) is 2.97. The van der Waals surface area contributed by atoms with E-state index in [4.69, 9.17) is 4.42 Å². The first-order valence-electron chi connectivity index (χ1n) is 9.14. The number of aromatic nitrogens is 1. The van der Waals surface area contributed by atoms with Gasteiger partial charge in [-0.25, -0.2) is 4.98 Å². The molecule has 2 amide bonds. The molecule has 0 aliphatic carbocycles. The highest BCUT2D eigenvalue weighted by Crippen LogP contribution is 2.42. The third-order valence-corrected chi connectivity index (χ3v) is 5.88. The Labute approximate surface area is 166 Å². The lowest BCUT2D eigenvalue weighted by Gasteiger charge is -2.33. The standard InChI is InChI=1S/C20H22N4O3S/c1-10-8-24(4)11(2)17-14-7-13(5-6-16(14)27-18(10)17)22-19(26)15-9-28-20(23-15)21-12(3)25/h5-7,9-11H,8H2,1-4H3,(H,22,26)(H,21,23,25). The maximum absolute atomic E-state index is 12.5. The minimum atomic E-state index is -0.317. The van der Waals surface area contributed by atoms with Gasteiger partial charge in [-0.05, 0) is 32.2 Å². The van der Waals surface area contributed by atoms with Crippen molar-refractivity contribution in [2.24, 2.45) is 0 Å². The highest BCUT2D eigenvalue weighted by atomic mass is 32.1. The van der Waals surface area contributed by atoms with E-state index < -0.39 is 0 Å². The Bertz CT molecular complexity index is 1070. The summed E-state index contributed by atoms with van der Waals surface area (Å²) in [5.74, 6) is 0.820. The van der Waals surface area contributed by atoms with Crippen LogP contribution in [0.5, 0.6) is 0 Å². The first-order valence-corrected chi connectivity index (χ1v) is 10.0. The zero-order chi connectivity index (χ0) is 20.0. The van der Waals surface area contributed by atoms with E-state index in [1.54, 1.807) is 5.38 Å². The molecule has 0 fully saturated rings. The molecule has 0 radical (unpaired) electrons. The zero-order valence-electron chi connectivity index (χ0n) is 16.2. The second kappa shape index (κ2) is 7.03. The number of benzene rings is 1. The Kier molecular flexibility index (Phi) is 4.68. The van der Waals surface area contributed by atoms with Crippen LogP contribution in [0.25, 0.3) is 11.0 Å². The number of furan rings is 1. The molecule has 1 aliphatic rings. The van der Waals surface area contributed by atoms with E-state index in [0.29, 0.717) is 16.7 Å². The van der Waals surface area contributed by atoms with Crippen LogP contribution >= 0.6 is 11.3 Å². The Hall–Kier alpha value is -2.71. The van der Waals surface area contributed by atoms with Gasteiger partial charge < -0.3 is 15.1 Å². The summed E-state index contributed by atoms with van der Waals surface area (Å²) in [6.45, 7) is 6.70. The van der Waals surface area contributed by atoms with E-state index in [1.165, 1.54) is 23.8 Å². The predicted molar refractivity (Wildman–Crippen MR) is 110 cm³/mol. The van der Waals surface area contributed by atoms with Gasteiger partial charge in [-0.1, -0.05) is 6.92 Å². The largest absolute Gasteiger partial charge is 0.460 e. The zero-order valence-corrected chi connectivity index (χ0v) is 17.0. The van der Waals surface area contributed by atoms with Gasteiger partial charge in [0.15, 0.2) is 5.13 Å². The first kappa shape index (κ1) is 18.6. The third-order valence-electron chi connectivity index (χ3n) is 5.12. The van der Waals surface area contributed by atoms with Crippen molar-refractivity contribution in [1.29, 1.82) is 0 Å². The van der Waals surface area contributed by atoms with E-state index >= 15 is 0 Å². The van der Waals surface area contributed by atoms with Crippen molar-refractivity contribution in [3.63, 3.8) is 0 Å². The Morgan fingerprint density at radius 2 is 2.07 bits per heavy atom. The number of thiazole rings is 1. The van der Waals surface area contributed by atoms with E-state index in [2.05, 4.69) is 41.4 Å². The van der Waals surface area contributed by atoms with Crippen molar-refractivity contribution in [2.45, 2.75) is 32.7 Å². The van der Waals surface area contributed by atoms with Crippen LogP contribution in [-0.4, -0.2) is 35.3 Å². The number of anilines is 2. The van der Waals surface area contributed by atoms with Gasteiger partial charge >= 0.3 is 0 Å². The first-order chi connectivity index (χ1) is 13.3. The van der Waals surface area contributed by atoms with Crippen molar-refractivity contribution < 1.29 is 14.0 Å². The van der Waals surface area contributed by atoms with E-state index in [-0.39, 0.29) is 23.6 Å². The van der Waals surface area contributed by atoms with Crippen LogP contribution in [-0.2, 0) is 4.79 Å². The highest BCUT2D eigenvalue weighted by Gasteiger charge is 2.31. The summed E-state index contributed by atoms with van der Waals surface area (Å²) in [7, 11) is 2.11. The molecule has 8 heteroatoms. The van der Waals surface area contributed by atoms with Crippen LogP contribution in [0.2, 0.25) is 0 Å². The molecule has 0 saturated heterocycles. The fourth-order valence-corrected chi connectivity index (χ4v) is 4.42. The number of rotatable bonds is 3. The molecule has 4 rings (SSSR count). The topological polar surface area (TPSA) is 87.5 Å². The molecule has 3 heterocycles. The molecule has 146 valence electrons. The Morgan fingerprint density at radius 3 is 2.82 bits per heavy atom. The molecule has 2 N–H and O–H groups in total. The monoisotopic (exact) mass is 398 g/mol. The average Bonchev–Trinajstić information content (AvgIpc) is 3.24. The van der Waals surface area contributed by atoms with Crippen molar-refractivity contribution in [1.82, 2.24) is 9.88 Å². The lowest BCUT2D eigenvalue weighted by atomic mass is 9.92. The van der Waals surface area contributed by atoms with Crippen molar-refractivity contribution >= 4 is 44.9 Å². The minimum Gasteiger partial charge on any atom is -0.460 e. The normalized spacial score (nSPS) is 19.4. The Morgan fingerprint density at radius 1 is 1.29 bits per heavy atom. The van der Waals surface area contributed by atoms with Crippen LogP contribution < -0.4 is 10.6 Å². The molecule has 2 unspecified atom stereocenters. The molecule has 2 atom stereocenters. The van der Waals surface area contributed by atoms with Crippen LogP contribution in [0.15, 0.2) is 28.0 Å². The molecule has 28 heavy (non-hydrogen) atoms. The minimum absolute atomic E-state index is 0.218. The van der Waals surface area contributed by atoms with Gasteiger partial charge in [0.2, 0.25) is 5.91 Å². The fourth-order valence-electron chi connectivity index (χ4n) is 3.68. The molecular formula is C20H22N4O3S. The summed E-state index contributed by atoms with van der Waals surface area (Å²) in [6.07, 6.45) is 0. The number of carbonyl (C=O) groups is 2. The molecule has 1 aliphatic heterocycles. The van der Waals surface area contributed by atoms with E-state index in [1.807, 2.05) is 18.2 Å². The van der Waals surface area contributed by atoms with Crippen LogP contribution in [0, 0.1) is 0 Å². The molecular weight excluding hydrogens is 376 g/mol. The van der Waals surface area contributed by atoms with Crippen molar-refractivity contribution in [3.05, 3.63) is 40.6 Å². The highest BCUT2D eigenvalue weighted by molar-refractivity contribution is 7.14. The van der Waals surface area contributed by atoms with Gasteiger partial charge in [0, 0.05) is 47.4 Å². The summed E-state index contributed by atoms with van der Waals surface area (Å²) in [5, 5.41) is 8.52. The number of fused-ring (bicyclic) bond motifs is 3. The second-order valence-corrected chi connectivity index (χ2v) is 8.14. The van der Waals surface area contributed by atoms with Gasteiger partial charge in [0.1, 0.15) is 17.0 Å². The Balaban J connectivity index is 1.62. The predicted octanol–water partition coefficient (Wildman–Crippen LogP) is 4.21. The lowest BCUT2D eigenvalue weighted by Crippen LogP contribution is -2.31. The van der Waals surface area contributed by atoms with Gasteiger partial charge in [-0.2, -0.15) is 0 Å². The van der Waals surface area contributed by atoms with Crippen LogP contribution in [0.3, 0.4) is 0 Å². The number of carbonyl (C=O) groups excluding carboxylic acids is 2. The smallest absolute Gasteiger partial charge is 0.275 e. The molecule has 0 spiro atoms. The van der Waals surface area contributed by atoms with Gasteiger partial charge in [0.25, 0.3) is 5.91 Å². The van der Waals surface area contributed by atoms with Gasteiger partial charge in [-0.15, -0.1) is 11.3 Å². The molecule has 0 saturated carbocycles. The molecule has 1 aromatic carbocycles. The van der Waals surface area contributed by atoms with Crippen molar-refractivity contribution in [3.8, 4) is 0 Å². The number of hydrogen-bond donors (Lipinski definition) is 2. The lowest BCUT2D eigenvalue weighted by molar-refractivity contribution is -0.114. The van der Waals surface area contributed by atoms with E-state index in [0.717, 1.165) is 23.3 Å². The van der Waals surface area contributed by atoms with Crippen LogP contribution in [0.4, 0.5) is 10.8 Å². The van der Waals surface area contributed by atoms with Gasteiger partial charge in [-0.3, -0.25) is 14.5 Å². The summed E-state index contributed by atoms with van der Waals surface area (Å²) < 4.78 is 6.12. The second-order valence-electron chi connectivity index (χ2n) is 7.28. The molecule has 2 aromatic heterocycles. The summed E-state index contributed by atoms with van der Waals surface area (Å²) in [6, 6.07) is 5.93. The molecule has 0 bridgehead atoms. The van der Waals surface area contributed by atoms with E-state index in [9.17, 15) is 9.59 Å².